The molecule has 0 unspecified atom stereocenters. The van der Waals surface area contributed by atoms with Crippen molar-refractivity contribution < 1.29 is 4.42 Å². The minimum atomic E-state index is 0.603. The van der Waals surface area contributed by atoms with Gasteiger partial charge in [0.05, 0.1) is 6.26 Å². The first-order valence-corrected chi connectivity index (χ1v) is 10.1. The van der Waals surface area contributed by atoms with Crippen molar-refractivity contribution in [2.24, 2.45) is 0 Å². The van der Waals surface area contributed by atoms with Crippen LogP contribution in [0.1, 0.15) is 29.9 Å². The second-order valence-corrected chi connectivity index (χ2v) is 7.99. The molecule has 0 amide bonds. The summed E-state index contributed by atoms with van der Waals surface area (Å²) in [6.45, 7) is 3.40. The highest BCUT2D eigenvalue weighted by molar-refractivity contribution is 6.31. The molecular formula is C23H23ClN2O. The molecular weight excluding hydrogens is 356 g/mol. The summed E-state index contributed by atoms with van der Waals surface area (Å²) >= 11 is 6.09. The predicted octanol–water partition coefficient (Wildman–Crippen LogP) is 5.99. The van der Waals surface area contributed by atoms with Crippen LogP contribution in [0, 0.1) is 0 Å². The van der Waals surface area contributed by atoms with E-state index < -0.39 is 0 Å². The first-order chi connectivity index (χ1) is 13.3. The average molecular weight is 379 g/mol. The van der Waals surface area contributed by atoms with Gasteiger partial charge in [0.2, 0.25) is 0 Å². The van der Waals surface area contributed by atoms with Crippen molar-refractivity contribution in [1.29, 1.82) is 0 Å². The highest BCUT2D eigenvalue weighted by atomic mass is 35.5. The van der Waals surface area contributed by atoms with Gasteiger partial charge in [-0.05, 0) is 67.6 Å². The van der Waals surface area contributed by atoms with Gasteiger partial charge in [-0.3, -0.25) is 0 Å². The number of fused-ring (bicyclic) bond motifs is 2. The zero-order valence-corrected chi connectivity index (χ0v) is 16.0. The Labute approximate surface area is 163 Å². The molecule has 1 fully saturated rings. The minimum absolute atomic E-state index is 0.603. The lowest BCUT2D eigenvalue weighted by atomic mass is 9.88. The molecule has 0 saturated carbocycles. The molecule has 4 heteroatoms. The van der Waals surface area contributed by atoms with Crippen molar-refractivity contribution in [1.82, 2.24) is 9.88 Å². The van der Waals surface area contributed by atoms with E-state index in [0.29, 0.717) is 5.92 Å². The highest BCUT2D eigenvalue weighted by Crippen LogP contribution is 2.33. The fourth-order valence-corrected chi connectivity index (χ4v) is 4.62. The Morgan fingerprint density at radius 1 is 1.11 bits per heavy atom. The Balaban J connectivity index is 1.22. The maximum absolute atomic E-state index is 6.09. The Kier molecular flexibility index (Phi) is 4.42. The molecule has 3 nitrogen and oxygen atoms in total. The number of H-pyrrole nitrogens is 1. The molecule has 5 rings (SSSR count). The molecule has 0 radical (unpaired) electrons. The molecule has 3 heterocycles. The molecule has 0 aliphatic carbocycles. The predicted molar refractivity (Wildman–Crippen MR) is 112 cm³/mol. The normalized spacial score (nSPS) is 16.5. The van der Waals surface area contributed by atoms with Gasteiger partial charge in [-0.15, -0.1) is 0 Å². The molecule has 2 aromatic heterocycles. The number of halogens is 1. The zero-order chi connectivity index (χ0) is 18.2. The summed E-state index contributed by atoms with van der Waals surface area (Å²) in [5.74, 6) is 0.603. The summed E-state index contributed by atoms with van der Waals surface area (Å²) in [6.07, 6.45) is 7.40. The second kappa shape index (κ2) is 7.06. The van der Waals surface area contributed by atoms with E-state index in [1.54, 1.807) is 6.26 Å². The van der Waals surface area contributed by atoms with Gasteiger partial charge in [0.1, 0.15) is 5.58 Å². The van der Waals surface area contributed by atoms with Crippen LogP contribution in [0.3, 0.4) is 0 Å². The fourth-order valence-electron chi connectivity index (χ4n) is 4.45. The van der Waals surface area contributed by atoms with E-state index in [9.17, 15) is 0 Å². The van der Waals surface area contributed by atoms with Crippen LogP contribution >= 0.6 is 11.6 Å². The van der Waals surface area contributed by atoms with E-state index in [4.69, 9.17) is 16.0 Å². The molecule has 1 aliphatic rings. The van der Waals surface area contributed by atoms with Crippen molar-refractivity contribution in [3.63, 3.8) is 0 Å². The van der Waals surface area contributed by atoms with Crippen LogP contribution in [0.2, 0.25) is 5.02 Å². The van der Waals surface area contributed by atoms with Crippen LogP contribution in [-0.2, 0) is 6.42 Å². The number of nitrogens with one attached hydrogen (secondary N) is 1. The molecule has 138 valence electrons. The van der Waals surface area contributed by atoms with E-state index in [1.165, 1.54) is 34.7 Å². The molecule has 0 bridgehead atoms. The lowest BCUT2D eigenvalue weighted by Gasteiger charge is -2.32. The van der Waals surface area contributed by atoms with Crippen molar-refractivity contribution >= 4 is 33.5 Å². The van der Waals surface area contributed by atoms with E-state index in [0.717, 1.165) is 42.2 Å². The smallest absolute Gasteiger partial charge is 0.137 e. The van der Waals surface area contributed by atoms with E-state index in [1.807, 2.05) is 12.1 Å². The largest absolute Gasteiger partial charge is 0.464 e. The van der Waals surface area contributed by atoms with Crippen LogP contribution in [0.15, 0.2) is 59.3 Å². The van der Waals surface area contributed by atoms with Crippen LogP contribution in [0.4, 0.5) is 0 Å². The summed E-state index contributed by atoms with van der Waals surface area (Å²) < 4.78 is 5.75. The van der Waals surface area contributed by atoms with Gasteiger partial charge >= 0.3 is 0 Å². The average Bonchev–Trinajstić information content (AvgIpc) is 3.33. The first-order valence-electron chi connectivity index (χ1n) is 9.72. The van der Waals surface area contributed by atoms with Crippen molar-refractivity contribution in [3.8, 4) is 0 Å². The van der Waals surface area contributed by atoms with Gasteiger partial charge in [-0.25, -0.2) is 0 Å². The number of para-hydroxylation sites is 1. The fraction of sp³-hybridized carbons (Fsp3) is 0.304. The number of aromatic amines is 1. The molecule has 1 N–H and O–H groups in total. The summed E-state index contributed by atoms with van der Waals surface area (Å²) in [7, 11) is 0. The SMILES string of the molecule is Clc1ccc2c(CCN3CCC(c4cccc5ccoc45)CC3)c[nH]c2c1. The third-order valence-corrected chi connectivity index (χ3v) is 6.20. The number of likely N-dealkylation sites (tertiary alicyclic amines) is 1. The number of benzene rings is 2. The number of hydrogen-bond acceptors (Lipinski definition) is 2. The number of piperidine rings is 1. The van der Waals surface area contributed by atoms with Gasteiger partial charge in [0, 0.05) is 34.1 Å². The Bertz CT molecular complexity index is 1070. The van der Waals surface area contributed by atoms with Gasteiger partial charge in [-0.2, -0.15) is 0 Å². The molecule has 4 aromatic rings. The second-order valence-electron chi connectivity index (χ2n) is 7.56. The van der Waals surface area contributed by atoms with Gasteiger partial charge in [-0.1, -0.05) is 35.9 Å². The van der Waals surface area contributed by atoms with Crippen molar-refractivity contribution in [2.75, 3.05) is 19.6 Å². The number of nitrogens with zero attached hydrogens (tertiary/aromatic N) is 1. The summed E-state index contributed by atoms with van der Waals surface area (Å²) in [4.78, 5) is 5.94. The minimum Gasteiger partial charge on any atom is -0.464 e. The highest BCUT2D eigenvalue weighted by Gasteiger charge is 2.23. The monoisotopic (exact) mass is 378 g/mol. The molecule has 27 heavy (non-hydrogen) atoms. The summed E-state index contributed by atoms with van der Waals surface area (Å²) in [5, 5.41) is 3.29. The number of rotatable bonds is 4. The van der Waals surface area contributed by atoms with Gasteiger partial charge in [0.15, 0.2) is 0 Å². The Morgan fingerprint density at radius 3 is 2.89 bits per heavy atom. The quantitative estimate of drug-likeness (QED) is 0.473. The lowest BCUT2D eigenvalue weighted by molar-refractivity contribution is 0.215. The Hall–Kier alpha value is -2.23. The molecule has 1 saturated heterocycles. The van der Waals surface area contributed by atoms with Crippen LogP contribution in [0.25, 0.3) is 21.9 Å². The first kappa shape index (κ1) is 16.9. The maximum atomic E-state index is 6.09. The van der Waals surface area contributed by atoms with E-state index in [2.05, 4.69) is 46.4 Å². The van der Waals surface area contributed by atoms with E-state index >= 15 is 0 Å². The topological polar surface area (TPSA) is 32.2 Å². The Morgan fingerprint density at radius 2 is 2.00 bits per heavy atom. The van der Waals surface area contributed by atoms with Crippen molar-refractivity contribution in [2.45, 2.75) is 25.2 Å². The molecule has 1 aliphatic heterocycles. The molecule has 0 atom stereocenters. The molecule has 2 aromatic carbocycles. The van der Waals surface area contributed by atoms with E-state index in [-0.39, 0.29) is 0 Å². The number of furan rings is 1. The van der Waals surface area contributed by atoms with Crippen LogP contribution in [-0.4, -0.2) is 29.5 Å². The van der Waals surface area contributed by atoms with Gasteiger partial charge < -0.3 is 14.3 Å². The maximum Gasteiger partial charge on any atom is 0.137 e. The molecule has 0 spiro atoms. The van der Waals surface area contributed by atoms with Crippen molar-refractivity contribution in [3.05, 3.63) is 71.1 Å². The van der Waals surface area contributed by atoms with Gasteiger partial charge in [0.25, 0.3) is 0 Å². The van der Waals surface area contributed by atoms with Crippen LogP contribution < -0.4 is 0 Å². The van der Waals surface area contributed by atoms with Crippen LogP contribution in [0.5, 0.6) is 0 Å². The summed E-state index contributed by atoms with van der Waals surface area (Å²) in [5.41, 5.74) is 4.96. The number of aromatic nitrogens is 1. The standard InChI is InChI=1S/C23H23ClN2O/c24-19-4-5-20-18(15-25-22(20)14-19)8-12-26-10-6-16(7-11-26)21-3-1-2-17-9-13-27-23(17)21/h1-5,9,13-16,25H,6-8,10-12H2. The third-order valence-electron chi connectivity index (χ3n) is 5.96. The summed E-state index contributed by atoms with van der Waals surface area (Å²) in [6, 6.07) is 14.7. The lowest BCUT2D eigenvalue weighted by Crippen LogP contribution is -2.34. The third kappa shape index (κ3) is 3.26. The zero-order valence-electron chi connectivity index (χ0n) is 15.2. The number of hydrogen-bond donors (Lipinski definition) is 1.